The first-order chi connectivity index (χ1) is 16.0. The Bertz CT molecular complexity index is 1240. The minimum atomic E-state index is -0.702. The van der Waals surface area contributed by atoms with Crippen LogP contribution in [0.2, 0.25) is 0 Å². The molecule has 9 nitrogen and oxygen atoms in total. The fourth-order valence-corrected chi connectivity index (χ4v) is 3.88. The zero-order chi connectivity index (χ0) is 23.2. The molecule has 1 aliphatic heterocycles. The zero-order valence-corrected chi connectivity index (χ0v) is 18.6. The Labute approximate surface area is 190 Å². The summed E-state index contributed by atoms with van der Waals surface area (Å²) in [5, 5.41) is 2.89. The summed E-state index contributed by atoms with van der Waals surface area (Å²) in [6.45, 7) is 7.32. The predicted octanol–water partition coefficient (Wildman–Crippen LogP) is 1.35. The molecule has 174 valence electrons. The van der Waals surface area contributed by atoms with E-state index in [4.69, 9.17) is 9.47 Å². The van der Waals surface area contributed by atoms with Gasteiger partial charge in [-0.2, -0.15) is 0 Å². The number of morpholine rings is 1. The maximum absolute atomic E-state index is 12.7. The van der Waals surface area contributed by atoms with Crippen molar-refractivity contribution in [3.63, 3.8) is 0 Å². The number of nitrogens with one attached hydrogen (secondary N) is 2. The molecule has 9 heteroatoms. The number of H-pyrrole nitrogens is 1. The lowest BCUT2D eigenvalue weighted by Crippen LogP contribution is -2.38. The van der Waals surface area contributed by atoms with Crippen molar-refractivity contribution in [2.75, 3.05) is 39.5 Å². The first kappa shape index (κ1) is 22.8. The summed E-state index contributed by atoms with van der Waals surface area (Å²) in [4.78, 5) is 41.4. The van der Waals surface area contributed by atoms with Gasteiger partial charge < -0.3 is 24.3 Å². The lowest BCUT2D eigenvalue weighted by Gasteiger charge is -2.26. The van der Waals surface area contributed by atoms with Crippen LogP contribution in [0.25, 0.3) is 11.0 Å². The number of fused-ring (bicyclic) bond motifs is 1. The molecule has 1 saturated heterocycles. The quantitative estimate of drug-likeness (QED) is 0.500. The van der Waals surface area contributed by atoms with Crippen molar-refractivity contribution in [1.82, 2.24) is 19.8 Å². The molecule has 3 aromatic rings. The van der Waals surface area contributed by atoms with Gasteiger partial charge in [0.2, 0.25) is 0 Å². The molecule has 0 radical (unpaired) electrons. The molecule has 2 heterocycles. The van der Waals surface area contributed by atoms with Crippen molar-refractivity contribution >= 4 is 16.9 Å². The van der Waals surface area contributed by atoms with Gasteiger partial charge >= 0.3 is 11.1 Å². The van der Waals surface area contributed by atoms with Gasteiger partial charge in [0.25, 0.3) is 5.91 Å². The molecule has 2 N–H and O–H groups in total. The lowest BCUT2D eigenvalue weighted by atomic mass is 10.1. The molecular formula is C24H28N4O5. The summed E-state index contributed by atoms with van der Waals surface area (Å²) in [6, 6.07) is 12.5. The van der Waals surface area contributed by atoms with E-state index >= 15 is 0 Å². The van der Waals surface area contributed by atoms with Crippen LogP contribution in [-0.2, 0) is 17.8 Å². The Balaban J connectivity index is 1.37. The molecule has 1 amide bonds. The fraction of sp³-hybridized carbons (Fsp3) is 0.375. The summed E-state index contributed by atoms with van der Waals surface area (Å²) >= 11 is 0. The van der Waals surface area contributed by atoms with E-state index in [2.05, 4.69) is 15.2 Å². The standard InChI is InChI=1S/C24H28N4O5/c1-2-28-21-7-6-18(15-20(21)26-23(30)24(28)31)22(29)25-16-17-4-3-5-19(14-17)33-13-10-27-8-11-32-12-9-27/h3-7,14-15H,2,8-13,16H2,1H3,(H,25,29)(H,26,30). The molecule has 1 fully saturated rings. The van der Waals surface area contributed by atoms with Gasteiger partial charge in [0, 0.05) is 38.3 Å². The van der Waals surface area contributed by atoms with E-state index in [-0.39, 0.29) is 5.91 Å². The number of benzene rings is 2. The number of aryl methyl sites for hydroxylation is 1. The molecule has 1 aromatic heterocycles. The number of amides is 1. The van der Waals surface area contributed by atoms with Gasteiger partial charge in [-0.1, -0.05) is 12.1 Å². The largest absolute Gasteiger partial charge is 0.492 e. The van der Waals surface area contributed by atoms with Gasteiger partial charge in [-0.3, -0.25) is 19.3 Å². The molecule has 0 unspecified atom stereocenters. The second-order valence-electron chi connectivity index (χ2n) is 7.87. The SMILES string of the molecule is CCn1c(=O)c(=O)[nH]c2cc(C(=O)NCc3cccc(OCCN4CCOCC4)c3)ccc21. The number of carbonyl (C=O) groups excluding carboxylic acids is 1. The zero-order valence-electron chi connectivity index (χ0n) is 18.6. The average molecular weight is 453 g/mol. The van der Waals surface area contributed by atoms with Crippen LogP contribution in [0, 0.1) is 0 Å². The number of carbonyl (C=O) groups is 1. The molecule has 1 aliphatic rings. The van der Waals surface area contributed by atoms with Crippen molar-refractivity contribution < 1.29 is 14.3 Å². The monoisotopic (exact) mass is 452 g/mol. The number of aromatic amines is 1. The highest BCUT2D eigenvalue weighted by molar-refractivity contribution is 5.97. The van der Waals surface area contributed by atoms with Crippen LogP contribution in [0.15, 0.2) is 52.1 Å². The number of hydrogen-bond donors (Lipinski definition) is 2. The number of ether oxygens (including phenoxy) is 2. The maximum atomic E-state index is 12.7. The van der Waals surface area contributed by atoms with Crippen molar-refractivity contribution in [1.29, 1.82) is 0 Å². The topological polar surface area (TPSA) is 106 Å². The summed E-state index contributed by atoms with van der Waals surface area (Å²) in [5.74, 6) is 0.487. The highest BCUT2D eigenvalue weighted by Gasteiger charge is 2.12. The number of hydrogen-bond acceptors (Lipinski definition) is 6. The first-order valence-electron chi connectivity index (χ1n) is 11.1. The molecule has 0 saturated carbocycles. The fourth-order valence-electron chi connectivity index (χ4n) is 3.88. The van der Waals surface area contributed by atoms with Gasteiger partial charge in [-0.15, -0.1) is 0 Å². The second kappa shape index (κ2) is 10.5. The van der Waals surface area contributed by atoms with Crippen LogP contribution in [0.1, 0.15) is 22.8 Å². The first-order valence-corrected chi connectivity index (χ1v) is 11.1. The third kappa shape index (κ3) is 5.50. The van der Waals surface area contributed by atoms with Gasteiger partial charge in [0.1, 0.15) is 12.4 Å². The van der Waals surface area contributed by atoms with Gasteiger partial charge in [-0.05, 0) is 42.8 Å². The highest BCUT2D eigenvalue weighted by Crippen LogP contribution is 2.15. The van der Waals surface area contributed by atoms with E-state index in [0.29, 0.717) is 36.3 Å². The summed E-state index contributed by atoms with van der Waals surface area (Å²) < 4.78 is 12.6. The van der Waals surface area contributed by atoms with Crippen molar-refractivity contribution in [2.24, 2.45) is 0 Å². The number of rotatable bonds is 8. The summed E-state index contributed by atoms with van der Waals surface area (Å²) in [7, 11) is 0. The van der Waals surface area contributed by atoms with Gasteiger partial charge in [0.15, 0.2) is 0 Å². The third-order valence-corrected chi connectivity index (χ3v) is 5.68. The van der Waals surface area contributed by atoms with Crippen molar-refractivity contribution in [3.05, 3.63) is 74.3 Å². The maximum Gasteiger partial charge on any atom is 0.316 e. The average Bonchev–Trinajstić information content (AvgIpc) is 2.84. The molecule has 0 atom stereocenters. The van der Waals surface area contributed by atoms with E-state index < -0.39 is 11.1 Å². The Hall–Kier alpha value is -3.43. The van der Waals surface area contributed by atoms with E-state index in [1.807, 2.05) is 24.3 Å². The Morgan fingerprint density at radius 2 is 1.97 bits per heavy atom. The van der Waals surface area contributed by atoms with Crippen LogP contribution in [-0.4, -0.2) is 59.8 Å². The van der Waals surface area contributed by atoms with E-state index in [1.54, 1.807) is 25.1 Å². The Morgan fingerprint density at radius 3 is 2.76 bits per heavy atom. The van der Waals surface area contributed by atoms with E-state index in [1.165, 1.54) is 4.57 Å². The van der Waals surface area contributed by atoms with E-state index in [0.717, 1.165) is 44.2 Å². The second-order valence-corrected chi connectivity index (χ2v) is 7.87. The summed E-state index contributed by atoms with van der Waals surface area (Å²) in [5.41, 5.74) is 1.05. The Kier molecular flexibility index (Phi) is 7.21. The van der Waals surface area contributed by atoms with Gasteiger partial charge in [0.05, 0.1) is 24.2 Å². The van der Waals surface area contributed by atoms with Crippen LogP contribution in [0.4, 0.5) is 0 Å². The molecular weight excluding hydrogens is 424 g/mol. The van der Waals surface area contributed by atoms with Crippen molar-refractivity contribution in [3.8, 4) is 5.75 Å². The third-order valence-electron chi connectivity index (χ3n) is 5.68. The number of aromatic nitrogens is 2. The lowest BCUT2D eigenvalue weighted by molar-refractivity contribution is 0.0322. The summed E-state index contributed by atoms with van der Waals surface area (Å²) in [6.07, 6.45) is 0. The molecule has 2 aromatic carbocycles. The van der Waals surface area contributed by atoms with E-state index in [9.17, 15) is 14.4 Å². The minimum absolute atomic E-state index is 0.273. The molecule has 0 aliphatic carbocycles. The van der Waals surface area contributed by atoms with Crippen LogP contribution < -0.4 is 21.2 Å². The normalized spacial score (nSPS) is 14.3. The highest BCUT2D eigenvalue weighted by atomic mass is 16.5. The van der Waals surface area contributed by atoms with Crippen molar-refractivity contribution in [2.45, 2.75) is 20.0 Å². The molecule has 4 rings (SSSR count). The minimum Gasteiger partial charge on any atom is -0.492 e. The van der Waals surface area contributed by atoms with Crippen LogP contribution in [0.3, 0.4) is 0 Å². The smallest absolute Gasteiger partial charge is 0.316 e. The van der Waals surface area contributed by atoms with Gasteiger partial charge in [-0.25, -0.2) is 0 Å². The predicted molar refractivity (Wildman–Crippen MR) is 125 cm³/mol. The molecule has 0 bridgehead atoms. The van der Waals surface area contributed by atoms with Crippen LogP contribution in [0.5, 0.6) is 5.75 Å². The molecule has 33 heavy (non-hydrogen) atoms. The number of nitrogens with zero attached hydrogens (tertiary/aromatic N) is 2. The molecule has 0 spiro atoms. The Morgan fingerprint density at radius 1 is 1.15 bits per heavy atom. The van der Waals surface area contributed by atoms with Crippen LogP contribution >= 0.6 is 0 Å².